The maximum absolute atomic E-state index is 5.05. The first kappa shape index (κ1) is 10.3. The summed E-state index contributed by atoms with van der Waals surface area (Å²) in [6.45, 7) is 1.69. The molecule has 0 saturated carbocycles. The largest absolute Gasteiger partial charge is 0.481 e. The van der Waals surface area contributed by atoms with E-state index in [9.17, 15) is 0 Å². The van der Waals surface area contributed by atoms with Crippen molar-refractivity contribution in [3.63, 3.8) is 0 Å². The first-order chi connectivity index (χ1) is 7.38. The zero-order valence-corrected chi connectivity index (χ0v) is 9.38. The third kappa shape index (κ3) is 2.86. The Kier molecular flexibility index (Phi) is 3.45. The molecule has 1 aliphatic heterocycles. The van der Waals surface area contributed by atoms with Gasteiger partial charge in [-0.15, -0.1) is 0 Å². The van der Waals surface area contributed by atoms with E-state index in [1.807, 2.05) is 12.1 Å². The van der Waals surface area contributed by atoms with Crippen molar-refractivity contribution in [1.29, 1.82) is 0 Å². The minimum Gasteiger partial charge on any atom is -0.481 e. The van der Waals surface area contributed by atoms with Crippen molar-refractivity contribution < 1.29 is 4.74 Å². The standard InChI is InChI=1S/C10H13N3OS/c1-14-9-6-8(2-3-11-9)7-13-10-12-4-5-15-10/h2-3,6H,4-5,7H2,1H3,(H,12,13). The second kappa shape index (κ2) is 5.02. The van der Waals surface area contributed by atoms with Crippen LogP contribution in [0.25, 0.3) is 0 Å². The molecule has 0 aliphatic carbocycles. The average Bonchev–Trinajstić information content (AvgIpc) is 2.79. The number of pyridine rings is 1. The zero-order valence-electron chi connectivity index (χ0n) is 8.56. The van der Waals surface area contributed by atoms with E-state index in [0.717, 1.165) is 29.6 Å². The fraction of sp³-hybridized carbons (Fsp3) is 0.400. The second-order valence-corrected chi connectivity index (χ2v) is 4.18. The van der Waals surface area contributed by atoms with Gasteiger partial charge in [-0.3, -0.25) is 4.99 Å². The molecule has 80 valence electrons. The van der Waals surface area contributed by atoms with E-state index in [1.165, 1.54) is 0 Å². The summed E-state index contributed by atoms with van der Waals surface area (Å²) in [6.07, 6.45) is 1.75. The number of methoxy groups -OCH3 is 1. The monoisotopic (exact) mass is 223 g/mol. The van der Waals surface area contributed by atoms with Crippen molar-refractivity contribution in [2.45, 2.75) is 6.54 Å². The molecule has 5 heteroatoms. The summed E-state index contributed by atoms with van der Waals surface area (Å²) in [5, 5.41) is 4.31. The molecule has 0 atom stereocenters. The average molecular weight is 223 g/mol. The Morgan fingerprint density at radius 3 is 3.27 bits per heavy atom. The summed E-state index contributed by atoms with van der Waals surface area (Å²) in [7, 11) is 1.62. The van der Waals surface area contributed by atoms with E-state index in [2.05, 4.69) is 15.3 Å². The van der Waals surface area contributed by atoms with Gasteiger partial charge >= 0.3 is 0 Å². The number of nitrogens with one attached hydrogen (secondary N) is 1. The van der Waals surface area contributed by atoms with E-state index in [1.54, 1.807) is 25.1 Å². The Morgan fingerprint density at radius 1 is 1.60 bits per heavy atom. The van der Waals surface area contributed by atoms with Gasteiger partial charge in [0.1, 0.15) is 0 Å². The highest BCUT2D eigenvalue weighted by Gasteiger charge is 2.06. The van der Waals surface area contributed by atoms with E-state index in [0.29, 0.717) is 5.88 Å². The lowest BCUT2D eigenvalue weighted by atomic mass is 10.3. The highest BCUT2D eigenvalue weighted by molar-refractivity contribution is 8.14. The molecule has 0 fully saturated rings. The van der Waals surface area contributed by atoms with E-state index < -0.39 is 0 Å². The van der Waals surface area contributed by atoms with Crippen LogP contribution in [0.1, 0.15) is 5.56 Å². The number of thioether (sulfide) groups is 1. The van der Waals surface area contributed by atoms with Crippen LogP contribution in [0.4, 0.5) is 0 Å². The lowest BCUT2D eigenvalue weighted by molar-refractivity contribution is 0.397. The summed E-state index contributed by atoms with van der Waals surface area (Å²) in [4.78, 5) is 8.37. The topological polar surface area (TPSA) is 46.5 Å². The molecule has 0 radical (unpaired) electrons. The summed E-state index contributed by atoms with van der Waals surface area (Å²) in [5.41, 5.74) is 1.15. The number of rotatable bonds is 3. The number of aliphatic imine (C=N–C) groups is 1. The van der Waals surface area contributed by atoms with Crippen LogP contribution in [0, 0.1) is 0 Å². The molecule has 1 aromatic heterocycles. The normalized spacial score (nSPS) is 14.9. The van der Waals surface area contributed by atoms with Crippen molar-refractivity contribution in [3.05, 3.63) is 23.9 Å². The fourth-order valence-electron chi connectivity index (χ4n) is 1.29. The Morgan fingerprint density at radius 2 is 2.53 bits per heavy atom. The number of nitrogens with zero attached hydrogens (tertiary/aromatic N) is 2. The third-order valence-electron chi connectivity index (χ3n) is 2.04. The van der Waals surface area contributed by atoms with Gasteiger partial charge in [0.2, 0.25) is 5.88 Å². The minimum atomic E-state index is 0.648. The highest BCUT2D eigenvalue weighted by Crippen LogP contribution is 2.11. The molecule has 0 bridgehead atoms. The Balaban J connectivity index is 1.92. The summed E-state index contributed by atoms with van der Waals surface area (Å²) in [6, 6.07) is 3.89. The van der Waals surface area contributed by atoms with Gasteiger partial charge in [0.05, 0.1) is 13.7 Å². The van der Waals surface area contributed by atoms with Crippen LogP contribution in [0.15, 0.2) is 23.3 Å². The smallest absolute Gasteiger partial charge is 0.213 e. The SMILES string of the molecule is COc1cc(CNC2=NCCS2)ccn1. The van der Waals surface area contributed by atoms with Crippen LogP contribution in [0.2, 0.25) is 0 Å². The summed E-state index contributed by atoms with van der Waals surface area (Å²) >= 11 is 1.76. The Bertz CT molecular complexity index is 367. The van der Waals surface area contributed by atoms with Gasteiger partial charge in [-0.25, -0.2) is 4.98 Å². The Hall–Kier alpha value is -1.23. The Labute approximate surface area is 93.2 Å². The van der Waals surface area contributed by atoms with Gasteiger partial charge in [0.15, 0.2) is 5.17 Å². The molecule has 1 N–H and O–H groups in total. The molecule has 15 heavy (non-hydrogen) atoms. The summed E-state index contributed by atoms with van der Waals surface area (Å²) < 4.78 is 5.05. The first-order valence-electron chi connectivity index (χ1n) is 4.78. The van der Waals surface area contributed by atoms with Gasteiger partial charge in [-0.2, -0.15) is 0 Å². The fourth-order valence-corrected chi connectivity index (χ4v) is 2.02. The number of ether oxygens (including phenoxy) is 1. The van der Waals surface area contributed by atoms with Crippen LogP contribution in [0.5, 0.6) is 5.88 Å². The van der Waals surface area contributed by atoms with Crippen LogP contribution in [-0.4, -0.2) is 29.6 Å². The maximum atomic E-state index is 5.05. The van der Waals surface area contributed by atoms with Crippen LogP contribution < -0.4 is 10.1 Å². The van der Waals surface area contributed by atoms with E-state index in [4.69, 9.17) is 4.74 Å². The van der Waals surface area contributed by atoms with Crippen LogP contribution in [0.3, 0.4) is 0 Å². The molecule has 2 rings (SSSR count). The van der Waals surface area contributed by atoms with Gasteiger partial charge in [0, 0.05) is 24.6 Å². The maximum Gasteiger partial charge on any atom is 0.213 e. The quantitative estimate of drug-likeness (QED) is 0.838. The summed E-state index contributed by atoms with van der Waals surface area (Å²) in [5.74, 6) is 1.73. The molecule has 1 aliphatic rings. The second-order valence-electron chi connectivity index (χ2n) is 3.10. The molecule has 0 unspecified atom stereocenters. The third-order valence-corrected chi connectivity index (χ3v) is 2.97. The van der Waals surface area contributed by atoms with Gasteiger partial charge in [-0.1, -0.05) is 11.8 Å². The number of aromatic nitrogens is 1. The zero-order chi connectivity index (χ0) is 10.5. The molecule has 0 spiro atoms. The molecule has 1 aromatic rings. The van der Waals surface area contributed by atoms with Crippen molar-refractivity contribution in [2.24, 2.45) is 4.99 Å². The van der Waals surface area contributed by atoms with Crippen LogP contribution in [-0.2, 0) is 6.54 Å². The van der Waals surface area contributed by atoms with Crippen LogP contribution >= 0.6 is 11.8 Å². The van der Waals surface area contributed by atoms with E-state index >= 15 is 0 Å². The van der Waals surface area contributed by atoms with Crippen molar-refractivity contribution in [3.8, 4) is 5.88 Å². The molecule has 2 heterocycles. The highest BCUT2D eigenvalue weighted by atomic mass is 32.2. The van der Waals surface area contributed by atoms with Gasteiger partial charge in [-0.05, 0) is 11.6 Å². The predicted molar refractivity (Wildman–Crippen MR) is 62.4 cm³/mol. The molecule has 0 amide bonds. The lowest BCUT2D eigenvalue weighted by Gasteiger charge is -2.05. The van der Waals surface area contributed by atoms with Gasteiger partial charge < -0.3 is 10.1 Å². The molecular formula is C10H13N3OS. The van der Waals surface area contributed by atoms with Crippen molar-refractivity contribution >= 4 is 16.9 Å². The molecular weight excluding hydrogens is 210 g/mol. The number of amidine groups is 1. The molecule has 0 saturated heterocycles. The number of hydrogen-bond donors (Lipinski definition) is 1. The minimum absolute atomic E-state index is 0.648. The van der Waals surface area contributed by atoms with Gasteiger partial charge in [0.25, 0.3) is 0 Å². The first-order valence-corrected chi connectivity index (χ1v) is 5.77. The van der Waals surface area contributed by atoms with E-state index in [-0.39, 0.29) is 0 Å². The molecule has 4 nitrogen and oxygen atoms in total. The van der Waals surface area contributed by atoms with Crippen molar-refractivity contribution in [2.75, 3.05) is 19.4 Å². The lowest BCUT2D eigenvalue weighted by Crippen LogP contribution is -2.18. The van der Waals surface area contributed by atoms with Crippen molar-refractivity contribution in [1.82, 2.24) is 10.3 Å². The number of hydrogen-bond acceptors (Lipinski definition) is 5. The molecule has 0 aromatic carbocycles. The predicted octanol–water partition coefficient (Wildman–Crippen LogP) is 1.28.